The van der Waals surface area contributed by atoms with Crippen LogP contribution in [-0.4, -0.2) is 29.2 Å². The van der Waals surface area contributed by atoms with Gasteiger partial charge >= 0.3 is 0 Å². The molecule has 0 aromatic heterocycles. The van der Waals surface area contributed by atoms with Crippen LogP contribution in [0.25, 0.3) is 0 Å². The standard InChI is InChI=1S/C17H17F4N3O3/c18-10-7-11(19)14(21)15(13(10)20)23-22-12(25)5-6-24-16(26)8-3-1-2-4-9(8)17(24)27/h7-9,23H,1-6H2,(H,22,25)/t8-,9-/m1/s1. The number of hydrazine groups is 1. The van der Waals surface area contributed by atoms with Crippen molar-refractivity contribution in [2.75, 3.05) is 12.0 Å². The quantitative estimate of drug-likeness (QED) is 0.352. The molecule has 2 atom stereocenters. The predicted molar refractivity (Wildman–Crippen MR) is 84.8 cm³/mol. The van der Waals surface area contributed by atoms with Crippen molar-refractivity contribution in [1.29, 1.82) is 0 Å². The van der Waals surface area contributed by atoms with Crippen LogP contribution in [0.4, 0.5) is 23.2 Å². The number of rotatable bonds is 5. The second-order valence-electron chi connectivity index (χ2n) is 6.59. The molecule has 0 radical (unpaired) electrons. The fourth-order valence-electron chi connectivity index (χ4n) is 3.54. The van der Waals surface area contributed by atoms with E-state index in [4.69, 9.17) is 0 Å². The van der Waals surface area contributed by atoms with Gasteiger partial charge in [0.05, 0.1) is 11.8 Å². The molecule has 1 saturated heterocycles. The summed E-state index contributed by atoms with van der Waals surface area (Å²) in [5, 5.41) is 0. The number of nitrogens with one attached hydrogen (secondary N) is 2. The molecule has 0 unspecified atom stereocenters. The van der Waals surface area contributed by atoms with Crippen molar-refractivity contribution < 1.29 is 31.9 Å². The highest BCUT2D eigenvalue weighted by molar-refractivity contribution is 6.05. The Morgan fingerprint density at radius 3 is 2.04 bits per heavy atom. The van der Waals surface area contributed by atoms with E-state index in [1.54, 1.807) is 5.43 Å². The van der Waals surface area contributed by atoms with E-state index in [9.17, 15) is 31.9 Å². The second kappa shape index (κ2) is 7.53. The molecule has 1 aromatic rings. The Labute approximate surface area is 151 Å². The Balaban J connectivity index is 1.57. The molecule has 3 rings (SSSR count). The molecule has 3 amide bonds. The number of carbonyl (C=O) groups is 3. The van der Waals surface area contributed by atoms with Gasteiger partial charge in [0.15, 0.2) is 23.3 Å². The first-order chi connectivity index (χ1) is 12.8. The normalized spacial score (nSPS) is 22.0. The van der Waals surface area contributed by atoms with Crippen LogP contribution in [0.15, 0.2) is 6.07 Å². The fourth-order valence-corrected chi connectivity index (χ4v) is 3.54. The molecule has 1 aliphatic carbocycles. The third kappa shape index (κ3) is 3.60. The molecule has 10 heteroatoms. The lowest BCUT2D eigenvalue weighted by Crippen LogP contribution is -2.37. The molecule has 1 aromatic carbocycles. The maximum absolute atomic E-state index is 13.5. The van der Waals surface area contributed by atoms with Gasteiger partial charge in [-0.1, -0.05) is 12.8 Å². The van der Waals surface area contributed by atoms with Crippen molar-refractivity contribution in [3.8, 4) is 0 Å². The number of fused-ring (bicyclic) bond motifs is 1. The number of benzene rings is 1. The monoisotopic (exact) mass is 387 g/mol. The van der Waals surface area contributed by atoms with Gasteiger partial charge < -0.3 is 0 Å². The molecule has 2 aliphatic rings. The van der Waals surface area contributed by atoms with E-state index < -0.39 is 34.9 Å². The van der Waals surface area contributed by atoms with Gasteiger partial charge in [0.1, 0.15) is 5.69 Å². The smallest absolute Gasteiger partial charge is 0.240 e. The maximum atomic E-state index is 13.5. The number of halogens is 4. The van der Waals surface area contributed by atoms with E-state index in [1.165, 1.54) is 0 Å². The van der Waals surface area contributed by atoms with Gasteiger partial charge in [0.25, 0.3) is 0 Å². The van der Waals surface area contributed by atoms with Crippen LogP contribution in [0.2, 0.25) is 0 Å². The predicted octanol–water partition coefficient (Wildman–Crippen LogP) is 2.25. The minimum Gasteiger partial charge on any atom is -0.293 e. The van der Waals surface area contributed by atoms with Crippen molar-refractivity contribution in [3.63, 3.8) is 0 Å². The van der Waals surface area contributed by atoms with Gasteiger partial charge in [-0.3, -0.25) is 30.1 Å². The van der Waals surface area contributed by atoms with E-state index in [0.29, 0.717) is 12.8 Å². The van der Waals surface area contributed by atoms with Crippen LogP contribution in [-0.2, 0) is 14.4 Å². The summed E-state index contributed by atoms with van der Waals surface area (Å²) in [7, 11) is 0. The molecule has 1 heterocycles. The van der Waals surface area contributed by atoms with E-state index in [1.807, 2.05) is 5.43 Å². The summed E-state index contributed by atoms with van der Waals surface area (Å²) in [5.74, 6) is -8.75. The van der Waals surface area contributed by atoms with Gasteiger partial charge in [-0.15, -0.1) is 0 Å². The van der Waals surface area contributed by atoms with Gasteiger partial charge in [0, 0.05) is 19.0 Å². The molecule has 2 N–H and O–H groups in total. The number of hydrogen-bond donors (Lipinski definition) is 2. The zero-order chi connectivity index (χ0) is 19.7. The lowest BCUT2D eigenvalue weighted by atomic mass is 9.81. The second-order valence-corrected chi connectivity index (χ2v) is 6.59. The van der Waals surface area contributed by atoms with Crippen molar-refractivity contribution >= 4 is 23.4 Å². The van der Waals surface area contributed by atoms with Crippen LogP contribution in [0, 0.1) is 35.1 Å². The molecular weight excluding hydrogens is 370 g/mol. The fraction of sp³-hybridized carbons (Fsp3) is 0.471. The van der Waals surface area contributed by atoms with Crippen LogP contribution in [0.5, 0.6) is 0 Å². The highest BCUT2D eigenvalue weighted by Gasteiger charge is 2.47. The molecule has 146 valence electrons. The van der Waals surface area contributed by atoms with Gasteiger partial charge in [-0.2, -0.15) is 0 Å². The summed E-state index contributed by atoms with van der Waals surface area (Å²) in [6, 6.07) is 0.0434. The van der Waals surface area contributed by atoms with Gasteiger partial charge in [-0.25, -0.2) is 17.6 Å². The number of amides is 3. The third-order valence-corrected chi connectivity index (χ3v) is 4.93. The summed E-state index contributed by atoms with van der Waals surface area (Å²) in [5.41, 5.74) is 2.51. The first-order valence-electron chi connectivity index (χ1n) is 8.54. The lowest BCUT2D eigenvalue weighted by Gasteiger charge is -2.19. The molecule has 1 saturated carbocycles. The van der Waals surface area contributed by atoms with Crippen molar-refractivity contribution in [2.45, 2.75) is 32.1 Å². The Morgan fingerprint density at radius 1 is 1.00 bits per heavy atom. The minimum absolute atomic E-state index is 0.0434. The number of likely N-dealkylation sites (tertiary alicyclic amines) is 1. The Hall–Kier alpha value is -2.65. The SMILES string of the molecule is O=C(CCN1C(=O)[C@@H]2CCCC[C@H]2C1=O)NNc1c(F)c(F)cc(F)c1F. The minimum atomic E-state index is -1.69. The Morgan fingerprint density at radius 2 is 1.52 bits per heavy atom. The van der Waals surface area contributed by atoms with Gasteiger partial charge in [-0.05, 0) is 12.8 Å². The Bertz CT molecular complexity index is 752. The highest BCUT2D eigenvalue weighted by Crippen LogP contribution is 2.37. The number of hydrogen-bond acceptors (Lipinski definition) is 4. The van der Waals surface area contributed by atoms with Crippen LogP contribution >= 0.6 is 0 Å². The van der Waals surface area contributed by atoms with Crippen molar-refractivity contribution in [2.24, 2.45) is 11.8 Å². The van der Waals surface area contributed by atoms with Crippen molar-refractivity contribution in [3.05, 3.63) is 29.3 Å². The maximum Gasteiger partial charge on any atom is 0.240 e. The van der Waals surface area contributed by atoms with Gasteiger partial charge in [0.2, 0.25) is 17.7 Å². The van der Waals surface area contributed by atoms with Crippen LogP contribution in [0.1, 0.15) is 32.1 Å². The lowest BCUT2D eigenvalue weighted by molar-refractivity contribution is -0.140. The zero-order valence-electron chi connectivity index (χ0n) is 14.2. The van der Waals surface area contributed by atoms with E-state index in [0.717, 1.165) is 17.7 Å². The van der Waals surface area contributed by atoms with Crippen molar-refractivity contribution in [1.82, 2.24) is 10.3 Å². The van der Waals surface area contributed by atoms with E-state index in [-0.39, 0.29) is 42.7 Å². The average Bonchev–Trinajstić information content (AvgIpc) is 2.89. The van der Waals surface area contributed by atoms with E-state index in [2.05, 4.69) is 0 Å². The number of nitrogens with zero attached hydrogens (tertiary/aromatic N) is 1. The molecular formula is C17H17F4N3O3. The molecule has 1 aliphatic heterocycles. The Kier molecular flexibility index (Phi) is 5.33. The summed E-state index contributed by atoms with van der Waals surface area (Å²) in [6.07, 6.45) is 2.71. The molecule has 2 fully saturated rings. The topological polar surface area (TPSA) is 78.5 Å². The van der Waals surface area contributed by atoms with Crippen LogP contribution < -0.4 is 10.9 Å². The zero-order valence-corrected chi connectivity index (χ0v) is 14.2. The van der Waals surface area contributed by atoms with E-state index >= 15 is 0 Å². The molecule has 0 spiro atoms. The average molecular weight is 387 g/mol. The third-order valence-electron chi connectivity index (χ3n) is 4.93. The summed E-state index contributed by atoms with van der Waals surface area (Å²) < 4.78 is 53.2. The number of anilines is 1. The largest absolute Gasteiger partial charge is 0.293 e. The molecule has 0 bridgehead atoms. The number of carbonyl (C=O) groups excluding carboxylic acids is 3. The first kappa shape index (κ1) is 19.1. The molecule has 27 heavy (non-hydrogen) atoms. The number of imide groups is 1. The van der Waals surface area contributed by atoms with Crippen LogP contribution in [0.3, 0.4) is 0 Å². The summed E-state index contributed by atoms with van der Waals surface area (Å²) in [4.78, 5) is 37.4. The molecule has 6 nitrogen and oxygen atoms in total. The summed E-state index contributed by atoms with van der Waals surface area (Å²) in [6.45, 7) is -0.180. The first-order valence-corrected chi connectivity index (χ1v) is 8.54. The highest BCUT2D eigenvalue weighted by atomic mass is 19.2. The summed E-state index contributed by atoms with van der Waals surface area (Å²) >= 11 is 0.